The number of aromatic nitrogens is 5. The van der Waals surface area contributed by atoms with Crippen LogP contribution in [-0.2, 0) is 10.0 Å². The van der Waals surface area contributed by atoms with Gasteiger partial charge in [-0.15, -0.1) is 10.2 Å². The maximum Gasteiger partial charge on any atom is 0.281 e. The van der Waals surface area contributed by atoms with Crippen LogP contribution in [0.4, 0.5) is 0 Å². The molecule has 0 radical (unpaired) electrons. The molecule has 3 rings (SSSR count). The molecule has 0 aliphatic carbocycles. The number of nitrogens with zero attached hydrogens (tertiary/aromatic N) is 4. The molecule has 0 aliphatic rings. The largest absolute Gasteiger partial charge is 0.493 e. The normalized spacial score (nSPS) is 12.2. The SMILES string of the molecule is CCCOc1ccc(S(=O)(=O)N(C)C(C)C)cc1-c1nc2n[nH]nc2c(=O)[nH]1. The summed E-state index contributed by atoms with van der Waals surface area (Å²) in [4.78, 5) is 19.2. The van der Waals surface area contributed by atoms with Gasteiger partial charge in [0.2, 0.25) is 15.7 Å². The van der Waals surface area contributed by atoms with Crippen LogP contribution >= 0.6 is 0 Å². The van der Waals surface area contributed by atoms with Crippen LogP contribution in [0.2, 0.25) is 0 Å². The number of hydrogen-bond donors (Lipinski definition) is 2. The van der Waals surface area contributed by atoms with Crippen LogP contribution in [0, 0.1) is 0 Å². The molecule has 0 fully saturated rings. The second-order valence-corrected chi connectivity index (χ2v) is 8.53. The van der Waals surface area contributed by atoms with Crippen LogP contribution in [0.15, 0.2) is 27.9 Å². The van der Waals surface area contributed by atoms with Gasteiger partial charge in [-0.05, 0) is 38.5 Å². The van der Waals surface area contributed by atoms with Crippen LogP contribution in [-0.4, -0.2) is 57.8 Å². The number of benzene rings is 1. The van der Waals surface area contributed by atoms with E-state index < -0.39 is 15.6 Å². The van der Waals surface area contributed by atoms with Crippen LogP contribution in [0.25, 0.3) is 22.6 Å². The van der Waals surface area contributed by atoms with Gasteiger partial charge in [0.25, 0.3) is 5.56 Å². The second kappa shape index (κ2) is 7.68. The summed E-state index contributed by atoms with van der Waals surface area (Å²) in [5.41, 5.74) is 0.0762. The third-order valence-corrected chi connectivity index (χ3v) is 6.30. The molecule has 0 amide bonds. The van der Waals surface area contributed by atoms with E-state index in [1.54, 1.807) is 19.9 Å². The lowest BCUT2D eigenvalue weighted by atomic mass is 10.2. The van der Waals surface area contributed by atoms with Crippen LogP contribution < -0.4 is 10.3 Å². The van der Waals surface area contributed by atoms with Crippen LogP contribution in [0.3, 0.4) is 0 Å². The van der Waals surface area contributed by atoms with E-state index in [0.29, 0.717) is 17.9 Å². The molecule has 2 heterocycles. The predicted molar refractivity (Wildman–Crippen MR) is 104 cm³/mol. The van der Waals surface area contributed by atoms with E-state index in [4.69, 9.17) is 4.74 Å². The molecule has 28 heavy (non-hydrogen) atoms. The van der Waals surface area contributed by atoms with Gasteiger partial charge in [0.1, 0.15) is 11.6 Å². The minimum atomic E-state index is -3.72. The molecule has 0 saturated carbocycles. The predicted octanol–water partition coefficient (Wildman–Crippen LogP) is 1.53. The Morgan fingerprint density at radius 2 is 2.00 bits per heavy atom. The third-order valence-electron chi connectivity index (χ3n) is 4.27. The highest BCUT2D eigenvalue weighted by atomic mass is 32.2. The topological polar surface area (TPSA) is 134 Å². The van der Waals surface area contributed by atoms with Crippen LogP contribution in [0.5, 0.6) is 5.75 Å². The fourth-order valence-electron chi connectivity index (χ4n) is 2.52. The molecule has 11 heteroatoms. The molecule has 10 nitrogen and oxygen atoms in total. The zero-order valence-electron chi connectivity index (χ0n) is 16.1. The lowest BCUT2D eigenvalue weighted by Gasteiger charge is -2.21. The van der Waals surface area contributed by atoms with Crippen molar-refractivity contribution in [3.8, 4) is 17.1 Å². The summed E-state index contributed by atoms with van der Waals surface area (Å²) in [5.74, 6) is 0.570. The Hall–Kier alpha value is -2.79. The summed E-state index contributed by atoms with van der Waals surface area (Å²) in [7, 11) is -2.21. The van der Waals surface area contributed by atoms with E-state index in [9.17, 15) is 13.2 Å². The third kappa shape index (κ3) is 3.62. The summed E-state index contributed by atoms with van der Waals surface area (Å²) in [6, 6.07) is 4.28. The van der Waals surface area contributed by atoms with Gasteiger partial charge in [-0.25, -0.2) is 13.4 Å². The summed E-state index contributed by atoms with van der Waals surface area (Å²) in [5, 5.41) is 9.95. The molecular weight excluding hydrogens is 384 g/mol. The van der Waals surface area contributed by atoms with E-state index in [-0.39, 0.29) is 27.9 Å². The van der Waals surface area contributed by atoms with Gasteiger partial charge in [-0.1, -0.05) is 6.92 Å². The second-order valence-electron chi connectivity index (χ2n) is 6.53. The van der Waals surface area contributed by atoms with Crippen molar-refractivity contribution >= 4 is 21.2 Å². The fraction of sp³-hybridized carbons (Fsp3) is 0.412. The molecule has 2 N–H and O–H groups in total. The van der Waals surface area contributed by atoms with Crippen molar-refractivity contribution in [3.63, 3.8) is 0 Å². The first-order chi connectivity index (χ1) is 13.3. The number of fused-ring (bicyclic) bond motifs is 1. The Bertz CT molecular complexity index is 1150. The van der Waals surface area contributed by atoms with Crippen molar-refractivity contribution in [1.29, 1.82) is 0 Å². The Kier molecular flexibility index (Phi) is 5.47. The number of ether oxygens (including phenoxy) is 1. The number of hydrogen-bond acceptors (Lipinski definition) is 7. The fourth-order valence-corrected chi connectivity index (χ4v) is 3.91. The molecule has 2 aromatic heterocycles. The van der Waals surface area contributed by atoms with Crippen molar-refractivity contribution in [3.05, 3.63) is 28.6 Å². The molecule has 0 unspecified atom stereocenters. The van der Waals surface area contributed by atoms with Crippen molar-refractivity contribution in [2.75, 3.05) is 13.7 Å². The Morgan fingerprint density at radius 3 is 2.68 bits per heavy atom. The highest BCUT2D eigenvalue weighted by molar-refractivity contribution is 7.89. The standard InChI is InChI=1S/C17H22N6O4S/c1-5-8-27-13-7-6-11(28(25,26)23(4)10(2)3)9-12(13)15-18-16-14(17(24)19-15)20-22-21-16/h6-7,9-10H,5,8H2,1-4H3,(H2,18,19,20,21,22,24). The van der Waals surface area contributed by atoms with Crippen molar-refractivity contribution < 1.29 is 13.2 Å². The first-order valence-electron chi connectivity index (χ1n) is 8.81. The smallest absolute Gasteiger partial charge is 0.281 e. The number of sulfonamides is 1. The lowest BCUT2D eigenvalue weighted by molar-refractivity contribution is 0.318. The van der Waals surface area contributed by atoms with Gasteiger partial charge >= 0.3 is 0 Å². The monoisotopic (exact) mass is 406 g/mol. The molecule has 1 aromatic carbocycles. The summed E-state index contributed by atoms with van der Waals surface area (Å²) in [6.07, 6.45) is 0.766. The molecule has 0 aliphatic heterocycles. The van der Waals surface area contributed by atoms with Gasteiger partial charge < -0.3 is 9.72 Å². The molecule has 0 atom stereocenters. The summed E-state index contributed by atoms with van der Waals surface area (Å²) in [6.45, 7) is 5.96. The van der Waals surface area contributed by atoms with Gasteiger partial charge in [0, 0.05) is 13.1 Å². The van der Waals surface area contributed by atoms with E-state index in [1.165, 1.54) is 23.5 Å². The maximum atomic E-state index is 12.9. The number of nitrogens with one attached hydrogen (secondary N) is 2. The average molecular weight is 406 g/mol. The maximum absolute atomic E-state index is 12.9. The van der Waals surface area contributed by atoms with E-state index >= 15 is 0 Å². The minimum Gasteiger partial charge on any atom is -0.493 e. The highest BCUT2D eigenvalue weighted by Crippen LogP contribution is 2.31. The molecular formula is C17H22N6O4S. The number of H-pyrrole nitrogens is 2. The zero-order valence-corrected chi connectivity index (χ0v) is 16.9. The molecule has 3 aromatic rings. The van der Waals surface area contributed by atoms with E-state index in [2.05, 4.69) is 25.4 Å². The van der Waals surface area contributed by atoms with Gasteiger partial charge in [-0.2, -0.15) is 9.52 Å². The molecule has 0 bridgehead atoms. The number of rotatable bonds is 7. The Balaban J connectivity index is 2.19. The number of aromatic amines is 2. The molecule has 150 valence electrons. The first-order valence-corrected chi connectivity index (χ1v) is 10.3. The van der Waals surface area contributed by atoms with Gasteiger partial charge in [0.05, 0.1) is 17.1 Å². The zero-order chi connectivity index (χ0) is 20.5. The van der Waals surface area contributed by atoms with Crippen molar-refractivity contribution in [1.82, 2.24) is 29.7 Å². The quantitative estimate of drug-likeness (QED) is 0.607. The first kappa shape index (κ1) is 20.0. The Morgan fingerprint density at radius 1 is 1.25 bits per heavy atom. The van der Waals surface area contributed by atoms with Crippen LogP contribution in [0.1, 0.15) is 27.2 Å². The van der Waals surface area contributed by atoms with E-state index in [1.807, 2.05) is 6.92 Å². The summed E-state index contributed by atoms with van der Waals surface area (Å²) < 4.78 is 32.8. The van der Waals surface area contributed by atoms with E-state index in [0.717, 1.165) is 6.42 Å². The average Bonchev–Trinajstić information content (AvgIpc) is 3.14. The molecule has 0 spiro atoms. The Labute approximate surface area is 162 Å². The van der Waals surface area contributed by atoms with Crippen molar-refractivity contribution in [2.45, 2.75) is 38.1 Å². The lowest BCUT2D eigenvalue weighted by Crippen LogP contribution is -2.33. The van der Waals surface area contributed by atoms with Crippen molar-refractivity contribution in [2.24, 2.45) is 0 Å². The molecule has 0 saturated heterocycles. The van der Waals surface area contributed by atoms with Gasteiger partial charge in [0.15, 0.2) is 5.52 Å². The highest BCUT2D eigenvalue weighted by Gasteiger charge is 2.25. The van der Waals surface area contributed by atoms with Gasteiger partial charge in [-0.3, -0.25) is 4.79 Å². The summed E-state index contributed by atoms with van der Waals surface area (Å²) >= 11 is 0. The minimum absolute atomic E-state index is 0.0723.